The fourth-order valence-corrected chi connectivity index (χ4v) is 2.45. The van der Waals surface area contributed by atoms with Gasteiger partial charge in [-0.1, -0.05) is 0 Å². The fraction of sp³-hybridized carbons (Fsp3) is 0.0833. The first-order valence-corrected chi connectivity index (χ1v) is 6.70. The largest absolute Gasteiger partial charge is 0.478 e. The molecule has 19 heavy (non-hydrogen) atoms. The minimum Gasteiger partial charge on any atom is -0.478 e. The lowest BCUT2D eigenvalue weighted by molar-refractivity contribution is 0.0697. The number of carbonyl (C=O) groups is 1. The molecule has 100 valence electrons. The molecule has 0 radical (unpaired) electrons. The van der Waals surface area contributed by atoms with E-state index < -0.39 is 17.6 Å². The molecule has 1 aromatic heterocycles. The van der Waals surface area contributed by atoms with Crippen molar-refractivity contribution >= 4 is 37.8 Å². The van der Waals surface area contributed by atoms with Crippen LogP contribution in [0.25, 0.3) is 0 Å². The van der Waals surface area contributed by atoms with E-state index in [1.165, 1.54) is 22.9 Å². The number of carboxylic acid groups (broad SMARTS) is 1. The van der Waals surface area contributed by atoms with E-state index in [0.29, 0.717) is 4.60 Å². The molecule has 2 aromatic rings. The lowest BCUT2D eigenvalue weighted by Crippen LogP contribution is -2.05. The highest BCUT2D eigenvalue weighted by molar-refractivity contribution is 9.10. The SMILES string of the molecule is O=C(O)c1cc(Br)n(Cc2c(F)ccc(Br)c2F)c1. The summed E-state index contributed by atoms with van der Waals surface area (Å²) in [4.78, 5) is 10.8. The number of hydrogen-bond donors (Lipinski definition) is 1. The van der Waals surface area contributed by atoms with E-state index in [0.717, 1.165) is 6.07 Å². The van der Waals surface area contributed by atoms with Gasteiger partial charge in [0.1, 0.15) is 11.6 Å². The van der Waals surface area contributed by atoms with Crippen molar-refractivity contribution in [3.63, 3.8) is 0 Å². The standard InChI is InChI=1S/C12H7Br2F2NO2/c13-8-1-2-9(15)7(11(8)16)5-17-4-6(12(18)19)3-10(17)14/h1-4H,5H2,(H,18,19). The van der Waals surface area contributed by atoms with Gasteiger partial charge in [0, 0.05) is 11.8 Å². The summed E-state index contributed by atoms with van der Waals surface area (Å²) in [6, 6.07) is 3.80. The third-order valence-electron chi connectivity index (χ3n) is 2.56. The topological polar surface area (TPSA) is 42.2 Å². The normalized spacial score (nSPS) is 10.7. The maximum atomic E-state index is 13.8. The lowest BCUT2D eigenvalue weighted by Gasteiger charge is -2.08. The predicted molar refractivity (Wildman–Crippen MR) is 72.3 cm³/mol. The lowest BCUT2D eigenvalue weighted by atomic mass is 10.2. The number of benzene rings is 1. The Morgan fingerprint density at radius 2 is 2.00 bits per heavy atom. The quantitative estimate of drug-likeness (QED) is 0.798. The molecule has 1 aromatic carbocycles. The Bertz CT molecular complexity index is 655. The van der Waals surface area contributed by atoms with Crippen molar-refractivity contribution in [2.45, 2.75) is 6.54 Å². The summed E-state index contributed by atoms with van der Waals surface area (Å²) in [6.07, 6.45) is 1.31. The van der Waals surface area contributed by atoms with Gasteiger partial charge in [-0.2, -0.15) is 0 Å². The molecule has 0 aliphatic rings. The molecule has 2 rings (SSSR count). The molecule has 0 aliphatic carbocycles. The molecule has 0 saturated heterocycles. The average Bonchev–Trinajstić information content (AvgIpc) is 2.72. The van der Waals surface area contributed by atoms with Crippen LogP contribution in [0.1, 0.15) is 15.9 Å². The Balaban J connectivity index is 2.42. The first kappa shape index (κ1) is 14.2. The van der Waals surface area contributed by atoms with E-state index >= 15 is 0 Å². The summed E-state index contributed by atoms with van der Waals surface area (Å²) in [5.74, 6) is -2.48. The van der Waals surface area contributed by atoms with Gasteiger partial charge < -0.3 is 9.67 Å². The zero-order chi connectivity index (χ0) is 14.2. The number of aromatic carboxylic acids is 1. The molecular weight excluding hydrogens is 388 g/mol. The molecule has 3 nitrogen and oxygen atoms in total. The van der Waals surface area contributed by atoms with Crippen molar-refractivity contribution in [2.75, 3.05) is 0 Å². The van der Waals surface area contributed by atoms with Gasteiger partial charge in [-0.25, -0.2) is 13.6 Å². The second-order valence-corrected chi connectivity index (χ2v) is 5.47. The second-order valence-electron chi connectivity index (χ2n) is 3.81. The molecule has 0 amide bonds. The van der Waals surface area contributed by atoms with Gasteiger partial charge in [-0.15, -0.1) is 0 Å². The molecule has 0 bridgehead atoms. The monoisotopic (exact) mass is 393 g/mol. The van der Waals surface area contributed by atoms with Crippen LogP contribution in [0.5, 0.6) is 0 Å². The van der Waals surface area contributed by atoms with Crippen molar-refractivity contribution in [3.8, 4) is 0 Å². The average molecular weight is 395 g/mol. The molecule has 0 fully saturated rings. The van der Waals surface area contributed by atoms with Gasteiger partial charge in [0.05, 0.1) is 21.2 Å². The Morgan fingerprint density at radius 3 is 2.58 bits per heavy atom. The molecule has 1 heterocycles. The summed E-state index contributed by atoms with van der Waals surface area (Å²) in [7, 11) is 0. The summed E-state index contributed by atoms with van der Waals surface area (Å²) >= 11 is 6.14. The molecule has 0 unspecified atom stereocenters. The van der Waals surface area contributed by atoms with Crippen LogP contribution in [0.2, 0.25) is 0 Å². The van der Waals surface area contributed by atoms with Gasteiger partial charge in [-0.05, 0) is 50.1 Å². The first-order valence-electron chi connectivity index (χ1n) is 5.11. The number of aromatic nitrogens is 1. The van der Waals surface area contributed by atoms with Crippen molar-refractivity contribution in [3.05, 3.63) is 56.2 Å². The van der Waals surface area contributed by atoms with Crippen molar-refractivity contribution in [1.82, 2.24) is 4.57 Å². The van der Waals surface area contributed by atoms with Crippen LogP contribution in [-0.4, -0.2) is 15.6 Å². The third-order valence-corrected chi connectivity index (χ3v) is 3.86. The van der Waals surface area contributed by atoms with E-state index in [1.807, 2.05) is 0 Å². The number of carboxylic acids is 1. The maximum absolute atomic E-state index is 13.8. The highest BCUT2D eigenvalue weighted by atomic mass is 79.9. The van der Waals surface area contributed by atoms with Gasteiger partial charge in [0.2, 0.25) is 0 Å². The predicted octanol–water partition coefficient (Wildman–Crippen LogP) is 4.04. The van der Waals surface area contributed by atoms with E-state index in [-0.39, 0.29) is 22.1 Å². The zero-order valence-electron chi connectivity index (χ0n) is 9.33. The third kappa shape index (κ3) is 2.87. The van der Waals surface area contributed by atoms with Gasteiger partial charge in [0.25, 0.3) is 0 Å². The van der Waals surface area contributed by atoms with E-state index in [4.69, 9.17) is 5.11 Å². The van der Waals surface area contributed by atoms with Crippen LogP contribution in [-0.2, 0) is 6.54 Å². The molecule has 0 saturated carbocycles. The maximum Gasteiger partial charge on any atom is 0.337 e. The van der Waals surface area contributed by atoms with Crippen LogP contribution in [0.3, 0.4) is 0 Å². The fourth-order valence-electron chi connectivity index (χ4n) is 1.60. The summed E-state index contributed by atoms with van der Waals surface area (Å²) in [6.45, 7) is -0.106. The van der Waals surface area contributed by atoms with Crippen molar-refractivity contribution in [1.29, 1.82) is 0 Å². The summed E-state index contributed by atoms with van der Waals surface area (Å²) in [5, 5.41) is 8.85. The summed E-state index contributed by atoms with van der Waals surface area (Å²) in [5.41, 5.74) is -0.0923. The van der Waals surface area contributed by atoms with Crippen molar-refractivity contribution < 1.29 is 18.7 Å². The van der Waals surface area contributed by atoms with Crippen LogP contribution >= 0.6 is 31.9 Å². The van der Waals surface area contributed by atoms with E-state index in [1.54, 1.807) is 0 Å². The van der Waals surface area contributed by atoms with E-state index in [9.17, 15) is 13.6 Å². The minimum absolute atomic E-state index is 0.0442. The number of nitrogens with zero attached hydrogens (tertiary/aromatic N) is 1. The number of halogens is 4. The smallest absolute Gasteiger partial charge is 0.337 e. The van der Waals surface area contributed by atoms with Crippen LogP contribution < -0.4 is 0 Å². The number of hydrogen-bond acceptors (Lipinski definition) is 1. The van der Waals surface area contributed by atoms with Crippen LogP contribution in [0.15, 0.2) is 33.5 Å². The van der Waals surface area contributed by atoms with Gasteiger partial charge in [-0.3, -0.25) is 0 Å². The molecule has 1 N–H and O–H groups in total. The van der Waals surface area contributed by atoms with Crippen molar-refractivity contribution in [2.24, 2.45) is 0 Å². The Kier molecular flexibility index (Phi) is 4.05. The van der Waals surface area contributed by atoms with Gasteiger partial charge in [0.15, 0.2) is 0 Å². The summed E-state index contributed by atoms with van der Waals surface area (Å²) < 4.78 is 29.4. The second kappa shape index (κ2) is 5.42. The van der Waals surface area contributed by atoms with E-state index in [2.05, 4.69) is 31.9 Å². The Morgan fingerprint density at radius 1 is 1.32 bits per heavy atom. The molecule has 0 atom stereocenters. The molecule has 7 heteroatoms. The van der Waals surface area contributed by atoms with Crippen LogP contribution in [0.4, 0.5) is 8.78 Å². The highest BCUT2D eigenvalue weighted by Gasteiger charge is 2.15. The molecule has 0 spiro atoms. The molecular formula is C12H7Br2F2NO2. The molecule has 0 aliphatic heterocycles. The first-order chi connectivity index (χ1) is 8.90. The Labute approximate surface area is 124 Å². The van der Waals surface area contributed by atoms with Gasteiger partial charge >= 0.3 is 5.97 Å². The number of rotatable bonds is 3. The highest BCUT2D eigenvalue weighted by Crippen LogP contribution is 2.24. The minimum atomic E-state index is -1.10. The van der Waals surface area contributed by atoms with Crippen LogP contribution in [0, 0.1) is 11.6 Å². The Hall–Kier alpha value is -1.21. The zero-order valence-corrected chi connectivity index (χ0v) is 12.5.